The molecule has 0 radical (unpaired) electrons. The lowest BCUT2D eigenvalue weighted by Gasteiger charge is -2.58. The average Bonchev–Trinajstić information content (AvgIpc) is 2.81. The van der Waals surface area contributed by atoms with Crippen molar-refractivity contribution < 1.29 is 34.8 Å². The number of carbonyl (C=O) groups excluding carboxylic acids is 3. The van der Waals surface area contributed by atoms with Gasteiger partial charge in [0.05, 0.1) is 16.7 Å². The molecule has 11 nitrogen and oxygen atoms in total. The standard InChI is InChI=1S/C25H28N4O7/c1-6-11-7-8-13(30)14-12(11)9-23(27-2)10-24(28-3)19(29(4)5)18(32)15(22(26)35)20(33)25(24,36)21(34)16(23)17(14)31/h7-8,19,30-31,33,36H,2-3,6,9-10H2,1,4-5H3,(H2,26,35)/t19-,23-,24-,25-/m1/s1. The van der Waals surface area contributed by atoms with Crippen molar-refractivity contribution in [3.8, 4) is 5.75 Å². The molecule has 3 aliphatic carbocycles. The van der Waals surface area contributed by atoms with Gasteiger partial charge in [-0.15, -0.1) is 0 Å². The van der Waals surface area contributed by atoms with Crippen molar-refractivity contribution in [2.75, 3.05) is 14.1 Å². The highest BCUT2D eigenvalue weighted by molar-refractivity contribution is 6.26. The van der Waals surface area contributed by atoms with Crippen molar-refractivity contribution in [3.63, 3.8) is 0 Å². The van der Waals surface area contributed by atoms with Crippen LogP contribution in [0.3, 0.4) is 0 Å². The van der Waals surface area contributed by atoms with Crippen LogP contribution in [0.1, 0.15) is 30.0 Å². The Morgan fingerprint density at radius 1 is 1.19 bits per heavy atom. The van der Waals surface area contributed by atoms with Crippen LogP contribution in [0.2, 0.25) is 0 Å². The molecule has 1 aromatic carbocycles. The molecule has 0 spiro atoms. The number of phenolic OH excluding ortho intramolecular Hbond substituents is 1. The highest BCUT2D eigenvalue weighted by atomic mass is 16.4. The van der Waals surface area contributed by atoms with Gasteiger partial charge in [0.25, 0.3) is 5.91 Å². The van der Waals surface area contributed by atoms with Gasteiger partial charge in [-0.1, -0.05) is 13.0 Å². The number of nitrogens with two attached hydrogens (primary N) is 1. The van der Waals surface area contributed by atoms with Gasteiger partial charge in [-0.3, -0.25) is 29.3 Å². The van der Waals surface area contributed by atoms with Crippen LogP contribution in [0.5, 0.6) is 5.75 Å². The third-order valence-electron chi connectivity index (χ3n) is 7.80. The normalized spacial score (nSPS) is 31.6. The minimum atomic E-state index is -3.01. The van der Waals surface area contributed by atoms with E-state index in [9.17, 15) is 34.8 Å². The Labute approximate surface area is 207 Å². The summed E-state index contributed by atoms with van der Waals surface area (Å²) in [4.78, 5) is 49.4. The van der Waals surface area contributed by atoms with E-state index in [2.05, 4.69) is 23.4 Å². The Morgan fingerprint density at radius 2 is 1.83 bits per heavy atom. The van der Waals surface area contributed by atoms with Crippen molar-refractivity contribution in [2.24, 2.45) is 15.7 Å². The maximum atomic E-state index is 14.2. The molecule has 1 aromatic rings. The maximum absolute atomic E-state index is 14.2. The largest absolute Gasteiger partial charge is 0.508 e. The van der Waals surface area contributed by atoms with Crippen molar-refractivity contribution in [1.29, 1.82) is 0 Å². The number of hydrogen-bond acceptors (Lipinski definition) is 10. The summed E-state index contributed by atoms with van der Waals surface area (Å²) >= 11 is 0. The first-order chi connectivity index (χ1) is 16.8. The summed E-state index contributed by atoms with van der Waals surface area (Å²) in [6.07, 6.45) is 0.118. The fourth-order valence-corrected chi connectivity index (χ4v) is 6.23. The number of aromatic hydroxyl groups is 1. The summed E-state index contributed by atoms with van der Waals surface area (Å²) in [5.74, 6) is -5.78. The smallest absolute Gasteiger partial charge is 0.255 e. The van der Waals surface area contributed by atoms with Crippen molar-refractivity contribution in [1.82, 2.24) is 4.90 Å². The Balaban J connectivity index is 2.18. The van der Waals surface area contributed by atoms with E-state index in [0.717, 1.165) is 5.56 Å². The van der Waals surface area contributed by atoms with Gasteiger partial charge in [0.2, 0.25) is 11.4 Å². The first kappa shape index (κ1) is 25.3. The maximum Gasteiger partial charge on any atom is 0.255 e. The molecule has 4 rings (SSSR count). The van der Waals surface area contributed by atoms with Gasteiger partial charge in [0, 0.05) is 12.8 Å². The van der Waals surface area contributed by atoms with Crippen LogP contribution >= 0.6 is 0 Å². The second-order valence-electron chi connectivity index (χ2n) is 9.66. The van der Waals surface area contributed by atoms with Crippen LogP contribution in [-0.2, 0) is 27.2 Å². The van der Waals surface area contributed by atoms with Crippen LogP contribution in [0, 0.1) is 0 Å². The number of amides is 1. The lowest BCUT2D eigenvalue weighted by Crippen LogP contribution is -2.78. The van der Waals surface area contributed by atoms with Crippen molar-refractivity contribution >= 4 is 36.7 Å². The molecule has 6 N–H and O–H groups in total. The molecule has 0 aliphatic heterocycles. The molecule has 1 fully saturated rings. The molecule has 0 aromatic heterocycles. The molecule has 3 aliphatic rings. The summed E-state index contributed by atoms with van der Waals surface area (Å²) < 4.78 is 0. The van der Waals surface area contributed by atoms with Gasteiger partial charge in [-0.25, -0.2) is 0 Å². The minimum Gasteiger partial charge on any atom is -0.508 e. The average molecular weight is 497 g/mol. The van der Waals surface area contributed by atoms with E-state index < -0.39 is 69.3 Å². The zero-order valence-corrected chi connectivity index (χ0v) is 20.2. The number of phenols is 1. The summed E-state index contributed by atoms with van der Waals surface area (Å²) in [5.41, 5.74) is -1.49. The van der Waals surface area contributed by atoms with Gasteiger partial charge in [-0.2, -0.15) is 0 Å². The molecule has 1 amide bonds. The van der Waals surface area contributed by atoms with Gasteiger partial charge in [0.15, 0.2) is 11.5 Å². The Kier molecular flexibility index (Phi) is 5.50. The first-order valence-electron chi connectivity index (χ1n) is 11.2. The molecule has 0 saturated heterocycles. The number of likely N-dealkylation sites (N-methyl/N-ethyl adjacent to an activating group) is 1. The predicted octanol–water partition coefficient (Wildman–Crippen LogP) is 0.173. The third-order valence-corrected chi connectivity index (χ3v) is 7.80. The number of ketones is 2. The number of aliphatic hydroxyl groups excluding tert-OH is 2. The van der Waals surface area contributed by atoms with Crippen molar-refractivity contribution in [2.45, 2.75) is 48.9 Å². The van der Waals surface area contributed by atoms with Gasteiger partial charge >= 0.3 is 0 Å². The van der Waals surface area contributed by atoms with Gasteiger partial charge in [0.1, 0.15) is 28.7 Å². The lowest BCUT2D eigenvalue weighted by atomic mass is 9.51. The predicted molar refractivity (Wildman–Crippen MR) is 131 cm³/mol. The molecular formula is C25H28N4O7. The van der Waals surface area contributed by atoms with Crippen LogP contribution in [0.15, 0.2) is 39.0 Å². The molecule has 4 atom stereocenters. The molecular weight excluding hydrogens is 468 g/mol. The molecule has 36 heavy (non-hydrogen) atoms. The zero-order chi connectivity index (χ0) is 27.0. The fourth-order valence-electron chi connectivity index (χ4n) is 6.23. The lowest BCUT2D eigenvalue weighted by molar-refractivity contribution is -0.157. The Hall–Kier alpha value is -3.83. The quantitative estimate of drug-likeness (QED) is 0.282. The number of carbonyl (C=O) groups is 3. The number of aliphatic imine (C=N–C) groups is 2. The Bertz CT molecular complexity index is 1330. The number of benzene rings is 1. The summed E-state index contributed by atoms with van der Waals surface area (Å²) in [6, 6.07) is 1.61. The van der Waals surface area contributed by atoms with Crippen LogP contribution < -0.4 is 5.73 Å². The molecule has 0 heterocycles. The Morgan fingerprint density at radius 3 is 2.33 bits per heavy atom. The monoisotopic (exact) mass is 496 g/mol. The van der Waals surface area contributed by atoms with E-state index in [1.807, 2.05) is 6.92 Å². The van der Waals surface area contributed by atoms with E-state index in [-0.39, 0.29) is 17.7 Å². The van der Waals surface area contributed by atoms with Crippen LogP contribution in [0.25, 0.3) is 5.76 Å². The first-order valence-corrected chi connectivity index (χ1v) is 11.2. The third kappa shape index (κ3) is 2.72. The number of hydrogen-bond donors (Lipinski definition) is 5. The number of primary amides is 1. The van der Waals surface area contributed by atoms with Gasteiger partial charge in [-0.05, 0) is 51.1 Å². The zero-order valence-electron chi connectivity index (χ0n) is 20.2. The van der Waals surface area contributed by atoms with Crippen LogP contribution in [-0.4, -0.2) is 93.1 Å². The summed E-state index contributed by atoms with van der Waals surface area (Å²) in [6.45, 7) is 9.09. The van der Waals surface area contributed by atoms with Crippen LogP contribution in [0.4, 0.5) is 0 Å². The fraction of sp³-hybridized carbons (Fsp3) is 0.400. The number of fused-ring (bicyclic) bond motifs is 3. The second-order valence-corrected chi connectivity index (χ2v) is 9.66. The number of rotatable bonds is 5. The summed E-state index contributed by atoms with van der Waals surface area (Å²) in [7, 11) is 2.95. The van der Waals surface area contributed by atoms with E-state index >= 15 is 0 Å². The van der Waals surface area contributed by atoms with E-state index in [4.69, 9.17) is 5.73 Å². The highest BCUT2D eigenvalue weighted by Crippen LogP contribution is 2.58. The molecule has 190 valence electrons. The SMILES string of the molecule is C=N[C@@]12Cc3c(CC)ccc(O)c3C(O)=C1C(=O)[C@]1(O)C(O)=C(C(N)=O)C(=O)[C@@H](N(C)C)[C@]1(N=C)C2. The van der Waals surface area contributed by atoms with Crippen molar-refractivity contribution in [3.05, 3.63) is 45.7 Å². The molecule has 1 saturated carbocycles. The van der Waals surface area contributed by atoms with E-state index in [0.29, 0.717) is 12.0 Å². The van der Waals surface area contributed by atoms with E-state index in [1.165, 1.54) is 25.1 Å². The molecule has 11 heteroatoms. The number of aryl methyl sites for hydroxylation is 1. The topological polar surface area (TPSA) is 186 Å². The summed E-state index contributed by atoms with van der Waals surface area (Å²) in [5, 5.41) is 45.0. The van der Waals surface area contributed by atoms with E-state index in [1.54, 1.807) is 6.07 Å². The molecule has 0 bridgehead atoms. The van der Waals surface area contributed by atoms with Gasteiger partial charge < -0.3 is 26.2 Å². The molecule has 0 unspecified atom stereocenters. The number of nitrogens with zero attached hydrogens (tertiary/aromatic N) is 3. The second kappa shape index (κ2) is 7.84. The minimum absolute atomic E-state index is 0.00530. The number of aliphatic hydroxyl groups is 3. The number of Topliss-reactive ketones (excluding diaryl/α,β-unsaturated/α-hetero) is 2. The highest BCUT2D eigenvalue weighted by Gasteiger charge is 2.75.